The summed E-state index contributed by atoms with van der Waals surface area (Å²) in [7, 11) is 2.87. The van der Waals surface area contributed by atoms with Crippen molar-refractivity contribution in [2.75, 3.05) is 14.2 Å². The topological polar surface area (TPSA) is 93.1 Å². The van der Waals surface area contributed by atoms with Crippen LogP contribution < -0.4 is 9.47 Å². The first kappa shape index (κ1) is 23.4. The van der Waals surface area contributed by atoms with Crippen molar-refractivity contribution >= 4 is 51.0 Å². The SMILES string of the molecule is COc1cc(/C=C/C(=O)CC(=O)/C=C/c2ccc(O)c(OC)c2)ccc1O.[PbH2]. The Morgan fingerprint density at radius 1 is 0.821 bits per heavy atom. The van der Waals surface area contributed by atoms with Crippen molar-refractivity contribution < 1.29 is 29.3 Å². The average molecular weight is 578 g/mol. The van der Waals surface area contributed by atoms with Gasteiger partial charge in [0, 0.05) is 0 Å². The molecule has 146 valence electrons. The van der Waals surface area contributed by atoms with E-state index in [4.69, 9.17) is 9.47 Å². The van der Waals surface area contributed by atoms with Crippen molar-refractivity contribution in [1.29, 1.82) is 0 Å². The Morgan fingerprint density at radius 2 is 1.21 bits per heavy atom. The normalized spacial score (nSPS) is 10.6. The maximum atomic E-state index is 11.9. The van der Waals surface area contributed by atoms with E-state index in [0.717, 1.165) is 0 Å². The molecule has 2 radical (unpaired) electrons. The van der Waals surface area contributed by atoms with Gasteiger partial charge in [0.15, 0.2) is 34.6 Å². The van der Waals surface area contributed by atoms with Crippen molar-refractivity contribution in [1.82, 2.24) is 0 Å². The Kier molecular flexibility index (Phi) is 9.43. The van der Waals surface area contributed by atoms with Crippen LogP contribution in [0.5, 0.6) is 23.0 Å². The summed E-state index contributed by atoms with van der Waals surface area (Å²) in [4.78, 5) is 23.9. The number of allylic oxidation sites excluding steroid dienone is 2. The number of rotatable bonds is 8. The molecule has 0 bridgehead atoms. The van der Waals surface area contributed by atoms with E-state index in [1.165, 1.54) is 38.5 Å². The molecule has 0 aliphatic heterocycles. The summed E-state index contributed by atoms with van der Waals surface area (Å²) in [6.07, 6.45) is 5.44. The summed E-state index contributed by atoms with van der Waals surface area (Å²) in [6.45, 7) is 0. The van der Waals surface area contributed by atoms with E-state index in [0.29, 0.717) is 22.6 Å². The molecular weight excluding hydrogens is 555 g/mol. The number of aromatic hydroxyl groups is 2. The molecule has 0 aliphatic rings. The van der Waals surface area contributed by atoms with Crippen molar-refractivity contribution in [3.05, 3.63) is 59.7 Å². The Bertz CT molecular complexity index is 828. The molecule has 28 heavy (non-hydrogen) atoms. The number of carbonyl (C=O) groups excluding carboxylic acids is 2. The van der Waals surface area contributed by atoms with E-state index >= 15 is 0 Å². The van der Waals surface area contributed by atoms with Crippen molar-refractivity contribution in [2.24, 2.45) is 0 Å². The van der Waals surface area contributed by atoms with Gasteiger partial charge in [0.05, 0.1) is 20.6 Å². The number of carbonyl (C=O) groups is 2. The quantitative estimate of drug-likeness (QED) is 0.285. The molecule has 0 atom stereocenters. The molecule has 0 spiro atoms. The molecule has 0 saturated carbocycles. The third kappa shape index (κ3) is 6.84. The van der Waals surface area contributed by atoms with E-state index < -0.39 is 0 Å². The summed E-state index contributed by atoms with van der Waals surface area (Å²) < 4.78 is 10.00. The van der Waals surface area contributed by atoms with E-state index in [1.807, 2.05) is 0 Å². The molecular formula is C21H22O6Pb. The second kappa shape index (κ2) is 11.3. The molecule has 0 aromatic heterocycles. The molecule has 0 fully saturated rings. The van der Waals surface area contributed by atoms with Gasteiger partial charge in [0.1, 0.15) is 0 Å². The van der Waals surface area contributed by atoms with Gasteiger partial charge in [-0.1, -0.05) is 24.3 Å². The van der Waals surface area contributed by atoms with Crippen LogP contribution in [0.15, 0.2) is 48.6 Å². The zero-order valence-corrected chi connectivity index (χ0v) is 21.2. The molecule has 6 nitrogen and oxygen atoms in total. The number of ether oxygens (including phenoxy) is 2. The number of ketones is 2. The average Bonchev–Trinajstić information content (AvgIpc) is 2.66. The number of methoxy groups -OCH3 is 2. The zero-order chi connectivity index (χ0) is 19.8. The van der Waals surface area contributed by atoms with Crippen molar-refractivity contribution in [3.63, 3.8) is 0 Å². The number of benzene rings is 2. The van der Waals surface area contributed by atoms with E-state index in [-0.39, 0.29) is 56.8 Å². The van der Waals surface area contributed by atoms with Gasteiger partial charge in [-0.15, -0.1) is 0 Å². The second-order valence-electron chi connectivity index (χ2n) is 5.64. The summed E-state index contributed by atoms with van der Waals surface area (Å²) >= 11 is 0. The predicted molar refractivity (Wildman–Crippen MR) is 111 cm³/mol. The monoisotopic (exact) mass is 578 g/mol. The first-order valence-corrected chi connectivity index (χ1v) is 8.08. The van der Waals surface area contributed by atoms with Gasteiger partial charge in [-0.05, 0) is 47.5 Å². The Morgan fingerprint density at radius 3 is 1.57 bits per heavy atom. The minimum absolute atomic E-state index is 0. The number of phenols is 2. The van der Waals surface area contributed by atoms with Crippen LogP contribution in [-0.4, -0.2) is 63.3 Å². The number of phenolic OH excluding ortho intramolecular Hbond substituents is 2. The van der Waals surface area contributed by atoms with Gasteiger partial charge in [0.2, 0.25) is 0 Å². The van der Waals surface area contributed by atoms with Gasteiger partial charge in [-0.25, -0.2) is 0 Å². The molecule has 0 unspecified atom stereocenters. The van der Waals surface area contributed by atoms with Gasteiger partial charge in [-0.3, -0.25) is 9.59 Å². The van der Waals surface area contributed by atoms with Crippen molar-refractivity contribution in [3.8, 4) is 23.0 Å². The van der Waals surface area contributed by atoms with Crippen LogP contribution in [0.25, 0.3) is 12.2 Å². The van der Waals surface area contributed by atoms with Gasteiger partial charge in [0.25, 0.3) is 0 Å². The van der Waals surface area contributed by atoms with Gasteiger partial charge >= 0.3 is 27.3 Å². The Balaban J connectivity index is 0.00000392. The third-order valence-electron chi connectivity index (χ3n) is 3.68. The second-order valence-corrected chi connectivity index (χ2v) is 5.64. The van der Waals surface area contributed by atoms with Crippen molar-refractivity contribution in [2.45, 2.75) is 6.42 Å². The van der Waals surface area contributed by atoms with Crippen LogP contribution in [0.3, 0.4) is 0 Å². The van der Waals surface area contributed by atoms with E-state index in [9.17, 15) is 19.8 Å². The molecule has 0 amide bonds. The molecule has 2 N–H and O–H groups in total. The molecule has 0 heterocycles. The molecule has 2 aromatic carbocycles. The first-order chi connectivity index (χ1) is 12.9. The molecule has 0 saturated heterocycles. The molecule has 0 aliphatic carbocycles. The zero-order valence-electron chi connectivity index (χ0n) is 15.7. The Hall–Kier alpha value is -2.62. The van der Waals surface area contributed by atoms with Crippen LogP contribution in [-0.2, 0) is 9.59 Å². The fourth-order valence-corrected chi connectivity index (χ4v) is 2.26. The predicted octanol–water partition coefficient (Wildman–Crippen LogP) is 2.45. The summed E-state index contributed by atoms with van der Waals surface area (Å²) in [5, 5.41) is 19.1. The van der Waals surface area contributed by atoms with Crippen LogP contribution in [0.2, 0.25) is 0 Å². The van der Waals surface area contributed by atoms with Crippen LogP contribution in [0.1, 0.15) is 17.5 Å². The van der Waals surface area contributed by atoms with Crippen LogP contribution in [0, 0.1) is 0 Å². The van der Waals surface area contributed by atoms with Gasteiger partial charge < -0.3 is 19.7 Å². The van der Waals surface area contributed by atoms with Gasteiger partial charge in [-0.2, -0.15) is 0 Å². The van der Waals surface area contributed by atoms with Crippen LogP contribution in [0.4, 0.5) is 0 Å². The summed E-state index contributed by atoms with van der Waals surface area (Å²) in [5.41, 5.74) is 1.33. The molecule has 2 aromatic rings. The van der Waals surface area contributed by atoms with E-state index in [2.05, 4.69) is 0 Å². The third-order valence-corrected chi connectivity index (χ3v) is 3.68. The number of hydrogen-bond acceptors (Lipinski definition) is 6. The fourth-order valence-electron chi connectivity index (χ4n) is 2.26. The number of hydrogen-bond donors (Lipinski definition) is 2. The fraction of sp³-hybridized carbons (Fsp3) is 0.143. The van der Waals surface area contributed by atoms with E-state index in [1.54, 1.807) is 36.4 Å². The Labute approximate surface area is 183 Å². The first-order valence-electron chi connectivity index (χ1n) is 8.08. The maximum absolute atomic E-state index is 11.9. The minimum atomic E-state index is -0.347. The molecule has 2 rings (SSSR count). The van der Waals surface area contributed by atoms with Crippen LogP contribution >= 0.6 is 0 Å². The standard InChI is InChI=1S/C21H20O6.Pb.2H/c1-26-20-11-14(5-9-18(20)24)3-7-16(22)13-17(23)8-4-15-6-10-19(25)21(12-15)27-2;;;/h3-12,24-25H,13H2,1-2H3;;;/b7-3+,8-4+;;;. The summed E-state index contributed by atoms with van der Waals surface area (Å²) in [5.74, 6) is -0.0832. The molecule has 7 heteroatoms. The summed E-state index contributed by atoms with van der Waals surface area (Å²) in [6, 6.07) is 9.34.